The third kappa shape index (κ3) is 2.90. The van der Waals surface area contributed by atoms with Crippen LogP contribution < -0.4 is 14.9 Å². The summed E-state index contributed by atoms with van der Waals surface area (Å²) in [5.41, 5.74) is 0.236. The molecule has 21 heavy (non-hydrogen) atoms. The van der Waals surface area contributed by atoms with Crippen molar-refractivity contribution in [3.8, 4) is 11.5 Å². The fourth-order valence-corrected chi connectivity index (χ4v) is 2.27. The molecule has 0 radical (unpaired) electrons. The van der Waals surface area contributed by atoms with Gasteiger partial charge in [0, 0.05) is 6.07 Å². The number of hydrogen-bond donors (Lipinski definition) is 0. The molecule has 1 aromatic rings. The van der Waals surface area contributed by atoms with Crippen LogP contribution in [0.15, 0.2) is 18.2 Å². The Balaban J connectivity index is 1.87. The number of hydrogen-bond acceptors (Lipinski definition) is 4. The molecule has 0 N–H and O–H groups in total. The standard InChI is InChI=1S/C16H23BO4/c1-15(2)16(3,4)21-17(20-15)11-8-13(18-5)10-14(9-11)19-12-6-7-12/h8-10,12H,6-7H2,1-5H3. The van der Waals surface area contributed by atoms with Gasteiger partial charge in [0.1, 0.15) is 11.5 Å². The van der Waals surface area contributed by atoms with Gasteiger partial charge in [-0.15, -0.1) is 0 Å². The molecule has 1 saturated heterocycles. The Morgan fingerprint density at radius 3 is 2.10 bits per heavy atom. The minimum absolute atomic E-state index is 0.349. The third-order valence-electron chi connectivity index (χ3n) is 4.49. The number of ether oxygens (including phenoxy) is 2. The Hall–Kier alpha value is -1.20. The second-order valence-corrected chi connectivity index (χ2v) is 6.85. The maximum atomic E-state index is 6.09. The van der Waals surface area contributed by atoms with Gasteiger partial charge in [-0.2, -0.15) is 0 Å². The largest absolute Gasteiger partial charge is 0.497 e. The maximum Gasteiger partial charge on any atom is 0.495 e. The molecule has 0 bridgehead atoms. The highest BCUT2D eigenvalue weighted by Crippen LogP contribution is 2.37. The Kier molecular flexibility index (Phi) is 3.45. The average molecular weight is 290 g/mol. The molecular weight excluding hydrogens is 267 g/mol. The van der Waals surface area contributed by atoms with Crippen molar-refractivity contribution in [3.05, 3.63) is 18.2 Å². The summed E-state index contributed by atoms with van der Waals surface area (Å²) in [5, 5.41) is 0. The molecule has 0 unspecified atom stereocenters. The van der Waals surface area contributed by atoms with E-state index in [9.17, 15) is 0 Å². The van der Waals surface area contributed by atoms with E-state index in [1.54, 1.807) is 7.11 Å². The van der Waals surface area contributed by atoms with Crippen LogP contribution in [-0.2, 0) is 9.31 Å². The van der Waals surface area contributed by atoms with E-state index >= 15 is 0 Å². The van der Waals surface area contributed by atoms with Crippen molar-refractivity contribution in [3.63, 3.8) is 0 Å². The molecule has 1 saturated carbocycles. The molecule has 114 valence electrons. The predicted molar refractivity (Wildman–Crippen MR) is 82.4 cm³/mol. The zero-order valence-electron chi connectivity index (χ0n) is 13.4. The molecule has 0 aromatic heterocycles. The van der Waals surface area contributed by atoms with Crippen LogP contribution in [0.25, 0.3) is 0 Å². The van der Waals surface area contributed by atoms with Crippen LogP contribution in [0.1, 0.15) is 40.5 Å². The Morgan fingerprint density at radius 2 is 1.57 bits per heavy atom. The average Bonchev–Trinajstić information content (AvgIpc) is 3.16. The topological polar surface area (TPSA) is 36.9 Å². The van der Waals surface area contributed by atoms with Crippen molar-refractivity contribution in [1.29, 1.82) is 0 Å². The summed E-state index contributed by atoms with van der Waals surface area (Å²) in [5.74, 6) is 1.58. The van der Waals surface area contributed by atoms with Crippen LogP contribution >= 0.6 is 0 Å². The Bertz CT molecular complexity index is 521. The van der Waals surface area contributed by atoms with E-state index in [4.69, 9.17) is 18.8 Å². The van der Waals surface area contributed by atoms with Gasteiger partial charge in [0.15, 0.2) is 0 Å². The minimum atomic E-state index is -0.397. The lowest BCUT2D eigenvalue weighted by Gasteiger charge is -2.32. The van der Waals surface area contributed by atoms with Crippen molar-refractivity contribution in [2.45, 2.75) is 57.8 Å². The van der Waals surface area contributed by atoms with Gasteiger partial charge >= 0.3 is 7.12 Å². The second-order valence-electron chi connectivity index (χ2n) is 6.85. The molecule has 1 aliphatic carbocycles. The molecule has 1 aromatic carbocycles. The molecule has 1 heterocycles. The van der Waals surface area contributed by atoms with Gasteiger partial charge in [0.05, 0.1) is 24.4 Å². The zero-order chi connectivity index (χ0) is 15.3. The third-order valence-corrected chi connectivity index (χ3v) is 4.49. The Labute approximate surface area is 126 Å². The molecule has 4 nitrogen and oxygen atoms in total. The molecule has 2 aliphatic rings. The predicted octanol–water partition coefficient (Wildman–Crippen LogP) is 2.54. The fourth-order valence-electron chi connectivity index (χ4n) is 2.27. The lowest BCUT2D eigenvalue weighted by atomic mass is 9.79. The molecular formula is C16H23BO4. The van der Waals surface area contributed by atoms with Gasteiger partial charge in [-0.1, -0.05) is 0 Å². The van der Waals surface area contributed by atoms with Crippen molar-refractivity contribution >= 4 is 12.6 Å². The summed E-state index contributed by atoms with van der Waals surface area (Å²) in [6.07, 6.45) is 2.61. The molecule has 0 spiro atoms. The first kappa shape index (κ1) is 14.7. The first-order valence-corrected chi connectivity index (χ1v) is 7.52. The molecule has 5 heteroatoms. The van der Waals surface area contributed by atoms with Gasteiger partial charge in [-0.25, -0.2) is 0 Å². The van der Waals surface area contributed by atoms with Crippen LogP contribution in [0.4, 0.5) is 0 Å². The SMILES string of the molecule is COc1cc(OC2CC2)cc(B2OC(C)(C)C(C)(C)O2)c1. The molecule has 0 atom stereocenters. The van der Waals surface area contributed by atoms with Gasteiger partial charge < -0.3 is 18.8 Å². The second kappa shape index (κ2) is 4.92. The van der Waals surface area contributed by atoms with Crippen LogP contribution in [-0.4, -0.2) is 31.5 Å². The van der Waals surface area contributed by atoms with Crippen LogP contribution in [0.5, 0.6) is 11.5 Å². The first-order valence-electron chi connectivity index (χ1n) is 7.52. The zero-order valence-corrected chi connectivity index (χ0v) is 13.4. The van der Waals surface area contributed by atoms with E-state index in [1.807, 2.05) is 18.2 Å². The maximum absolute atomic E-state index is 6.09. The summed E-state index contributed by atoms with van der Waals surface area (Å²) >= 11 is 0. The number of benzene rings is 1. The van der Waals surface area contributed by atoms with Crippen molar-refractivity contribution in [1.82, 2.24) is 0 Å². The normalized spacial score (nSPS) is 23.2. The summed E-state index contributed by atoms with van der Waals surface area (Å²) in [7, 11) is 1.26. The first-order chi connectivity index (χ1) is 9.80. The van der Waals surface area contributed by atoms with E-state index < -0.39 is 7.12 Å². The van der Waals surface area contributed by atoms with Gasteiger partial charge in [0.25, 0.3) is 0 Å². The number of rotatable bonds is 4. The Morgan fingerprint density at radius 1 is 1.00 bits per heavy atom. The van der Waals surface area contributed by atoms with E-state index in [0.717, 1.165) is 29.8 Å². The van der Waals surface area contributed by atoms with Crippen molar-refractivity contribution in [2.24, 2.45) is 0 Å². The van der Waals surface area contributed by atoms with Crippen molar-refractivity contribution < 1.29 is 18.8 Å². The van der Waals surface area contributed by atoms with E-state index in [2.05, 4.69) is 27.7 Å². The lowest BCUT2D eigenvalue weighted by Crippen LogP contribution is -2.41. The lowest BCUT2D eigenvalue weighted by molar-refractivity contribution is 0.00578. The van der Waals surface area contributed by atoms with Crippen LogP contribution in [0.2, 0.25) is 0 Å². The smallest absolute Gasteiger partial charge is 0.495 e. The molecule has 3 rings (SSSR count). The highest BCUT2D eigenvalue weighted by Gasteiger charge is 2.51. The summed E-state index contributed by atoms with van der Waals surface area (Å²) in [6, 6.07) is 5.85. The van der Waals surface area contributed by atoms with Gasteiger partial charge in [0.2, 0.25) is 0 Å². The molecule has 2 fully saturated rings. The monoisotopic (exact) mass is 290 g/mol. The molecule has 1 aliphatic heterocycles. The van der Waals surface area contributed by atoms with Gasteiger partial charge in [-0.3, -0.25) is 0 Å². The van der Waals surface area contributed by atoms with E-state index in [-0.39, 0.29) is 11.2 Å². The van der Waals surface area contributed by atoms with Crippen LogP contribution in [0.3, 0.4) is 0 Å². The van der Waals surface area contributed by atoms with Crippen molar-refractivity contribution in [2.75, 3.05) is 7.11 Å². The highest BCUT2D eigenvalue weighted by molar-refractivity contribution is 6.62. The molecule has 0 amide bonds. The number of methoxy groups -OCH3 is 1. The van der Waals surface area contributed by atoms with E-state index in [0.29, 0.717) is 6.10 Å². The minimum Gasteiger partial charge on any atom is -0.497 e. The van der Waals surface area contributed by atoms with Crippen LogP contribution in [0, 0.1) is 0 Å². The van der Waals surface area contributed by atoms with Gasteiger partial charge in [-0.05, 0) is 58.1 Å². The summed E-state index contributed by atoms with van der Waals surface area (Å²) < 4.78 is 23.4. The summed E-state index contributed by atoms with van der Waals surface area (Å²) in [4.78, 5) is 0. The fraction of sp³-hybridized carbons (Fsp3) is 0.625. The summed E-state index contributed by atoms with van der Waals surface area (Å²) in [6.45, 7) is 8.20. The highest BCUT2D eigenvalue weighted by atomic mass is 16.7. The quantitative estimate of drug-likeness (QED) is 0.799. The van der Waals surface area contributed by atoms with E-state index in [1.165, 1.54) is 0 Å².